The van der Waals surface area contributed by atoms with Crippen molar-refractivity contribution in [1.82, 2.24) is 15.3 Å². The van der Waals surface area contributed by atoms with Crippen molar-refractivity contribution in [2.75, 3.05) is 18.9 Å². The molecule has 1 aromatic rings. The van der Waals surface area contributed by atoms with Gasteiger partial charge in [-0.3, -0.25) is 4.79 Å². The summed E-state index contributed by atoms with van der Waals surface area (Å²) >= 11 is 1.28. The Morgan fingerprint density at radius 1 is 1.67 bits per heavy atom. The summed E-state index contributed by atoms with van der Waals surface area (Å²) in [6.45, 7) is 6.65. The molecule has 0 radical (unpaired) electrons. The Bertz CT molecular complexity index is 399. The minimum Gasteiger partial charge on any atom is -0.478 e. The third-order valence-corrected chi connectivity index (χ3v) is 2.70. The maximum Gasteiger partial charge on any atom is 0.230 e. The minimum atomic E-state index is -0.0663. The van der Waals surface area contributed by atoms with Crippen LogP contribution in [0.5, 0.6) is 5.88 Å². The van der Waals surface area contributed by atoms with E-state index in [1.807, 2.05) is 6.92 Å². The first-order valence-corrected chi connectivity index (χ1v) is 6.71. The number of rotatable bonds is 8. The second kappa shape index (κ2) is 8.52. The van der Waals surface area contributed by atoms with Gasteiger partial charge in [-0.1, -0.05) is 24.8 Å². The highest BCUT2D eigenvalue weighted by Gasteiger charge is 2.05. The number of carbonyl (C=O) groups excluding carboxylic acids is 1. The van der Waals surface area contributed by atoms with Crippen molar-refractivity contribution < 1.29 is 9.53 Å². The quantitative estimate of drug-likeness (QED) is 0.441. The Morgan fingerprint density at radius 2 is 2.50 bits per heavy atom. The third-order valence-electron chi connectivity index (χ3n) is 1.84. The maximum absolute atomic E-state index is 11.4. The van der Waals surface area contributed by atoms with Crippen molar-refractivity contribution in [1.29, 1.82) is 0 Å². The fraction of sp³-hybridized carbons (Fsp3) is 0.417. The predicted molar refractivity (Wildman–Crippen MR) is 71.7 cm³/mol. The second-order valence-corrected chi connectivity index (χ2v) is 4.35. The number of thioether (sulfide) groups is 1. The summed E-state index contributed by atoms with van der Waals surface area (Å²) in [6.07, 6.45) is 4.19. The van der Waals surface area contributed by atoms with Gasteiger partial charge in [-0.15, -0.1) is 6.58 Å². The van der Waals surface area contributed by atoms with Gasteiger partial charge in [-0.25, -0.2) is 4.98 Å². The molecule has 0 aliphatic carbocycles. The van der Waals surface area contributed by atoms with Gasteiger partial charge in [0.1, 0.15) is 0 Å². The minimum absolute atomic E-state index is 0.0663. The Labute approximate surface area is 111 Å². The lowest BCUT2D eigenvalue weighted by Gasteiger charge is -2.05. The van der Waals surface area contributed by atoms with Gasteiger partial charge in [-0.05, 0) is 6.42 Å². The number of carbonyl (C=O) groups is 1. The van der Waals surface area contributed by atoms with Gasteiger partial charge in [-0.2, -0.15) is 4.98 Å². The Kier molecular flexibility index (Phi) is 6.86. The van der Waals surface area contributed by atoms with E-state index in [1.54, 1.807) is 18.3 Å². The Morgan fingerprint density at radius 3 is 3.22 bits per heavy atom. The van der Waals surface area contributed by atoms with Crippen LogP contribution in [-0.2, 0) is 4.79 Å². The van der Waals surface area contributed by atoms with E-state index in [9.17, 15) is 4.79 Å². The topological polar surface area (TPSA) is 64.1 Å². The van der Waals surface area contributed by atoms with Gasteiger partial charge in [0.2, 0.25) is 11.8 Å². The molecule has 0 saturated carbocycles. The monoisotopic (exact) mass is 267 g/mol. The number of hydrogen-bond acceptors (Lipinski definition) is 5. The molecule has 6 heteroatoms. The summed E-state index contributed by atoms with van der Waals surface area (Å²) in [4.78, 5) is 19.6. The van der Waals surface area contributed by atoms with Crippen LogP contribution in [0.2, 0.25) is 0 Å². The lowest BCUT2D eigenvalue weighted by Crippen LogP contribution is -2.25. The van der Waals surface area contributed by atoms with Crippen molar-refractivity contribution in [3.05, 3.63) is 24.9 Å². The van der Waals surface area contributed by atoms with Crippen LogP contribution >= 0.6 is 11.8 Å². The number of ether oxygens (including phenoxy) is 1. The van der Waals surface area contributed by atoms with E-state index in [0.29, 0.717) is 24.2 Å². The zero-order valence-corrected chi connectivity index (χ0v) is 11.2. The molecule has 1 aromatic heterocycles. The average Bonchev–Trinajstić information content (AvgIpc) is 2.41. The summed E-state index contributed by atoms with van der Waals surface area (Å²) < 4.78 is 5.39. The SMILES string of the molecule is C=CCNC(=O)CSc1nccc(OCCC)n1. The third kappa shape index (κ3) is 5.67. The molecule has 0 aliphatic heterocycles. The summed E-state index contributed by atoms with van der Waals surface area (Å²) in [6, 6.07) is 1.71. The predicted octanol–water partition coefficient (Wildman–Crippen LogP) is 1.66. The molecule has 5 nitrogen and oxygen atoms in total. The number of hydrogen-bond donors (Lipinski definition) is 1. The van der Waals surface area contributed by atoms with E-state index in [2.05, 4.69) is 21.9 Å². The molecule has 0 bridgehead atoms. The summed E-state index contributed by atoms with van der Waals surface area (Å²) in [5.41, 5.74) is 0. The standard InChI is InChI=1S/C12H17N3O2S/c1-3-6-13-10(16)9-18-12-14-7-5-11(15-12)17-8-4-2/h3,5,7H,1,4,6,8-9H2,2H3,(H,13,16). The van der Waals surface area contributed by atoms with Crippen molar-refractivity contribution in [3.63, 3.8) is 0 Å². The molecule has 0 spiro atoms. The van der Waals surface area contributed by atoms with E-state index in [4.69, 9.17) is 4.74 Å². The highest BCUT2D eigenvalue weighted by Crippen LogP contribution is 2.15. The number of nitrogens with one attached hydrogen (secondary N) is 1. The molecule has 98 valence electrons. The average molecular weight is 267 g/mol. The van der Waals surface area contributed by atoms with Crippen molar-refractivity contribution in [2.45, 2.75) is 18.5 Å². The largest absolute Gasteiger partial charge is 0.478 e. The van der Waals surface area contributed by atoms with Gasteiger partial charge in [0.05, 0.1) is 12.4 Å². The lowest BCUT2D eigenvalue weighted by atomic mass is 10.5. The summed E-state index contributed by atoms with van der Waals surface area (Å²) in [7, 11) is 0. The Hall–Kier alpha value is -1.56. The molecule has 0 saturated heterocycles. The molecule has 0 atom stereocenters. The van der Waals surface area contributed by atoms with Crippen LogP contribution in [0.15, 0.2) is 30.1 Å². The molecular weight excluding hydrogens is 250 g/mol. The highest BCUT2D eigenvalue weighted by molar-refractivity contribution is 7.99. The zero-order chi connectivity index (χ0) is 13.2. The normalized spacial score (nSPS) is 9.83. The van der Waals surface area contributed by atoms with E-state index in [0.717, 1.165) is 6.42 Å². The van der Waals surface area contributed by atoms with Gasteiger partial charge in [0.25, 0.3) is 0 Å². The molecule has 1 rings (SSSR count). The Balaban J connectivity index is 2.41. The van der Waals surface area contributed by atoms with Crippen LogP contribution in [0.25, 0.3) is 0 Å². The van der Waals surface area contributed by atoms with Crippen LogP contribution in [0.4, 0.5) is 0 Å². The first-order chi connectivity index (χ1) is 8.76. The molecular formula is C12H17N3O2S. The van der Waals surface area contributed by atoms with Gasteiger partial charge < -0.3 is 10.1 Å². The molecule has 0 fully saturated rings. The van der Waals surface area contributed by atoms with Crippen molar-refractivity contribution in [3.8, 4) is 5.88 Å². The number of aromatic nitrogens is 2. The van der Waals surface area contributed by atoms with Crippen molar-refractivity contribution in [2.24, 2.45) is 0 Å². The molecule has 0 aromatic carbocycles. The van der Waals surface area contributed by atoms with Gasteiger partial charge in [0, 0.05) is 18.8 Å². The summed E-state index contributed by atoms with van der Waals surface area (Å²) in [5, 5.41) is 3.23. The first-order valence-electron chi connectivity index (χ1n) is 5.72. The molecule has 18 heavy (non-hydrogen) atoms. The van der Waals surface area contributed by atoms with Crippen LogP contribution < -0.4 is 10.1 Å². The smallest absolute Gasteiger partial charge is 0.230 e. The lowest BCUT2D eigenvalue weighted by molar-refractivity contribution is -0.118. The first kappa shape index (κ1) is 14.5. The molecule has 1 amide bonds. The fourth-order valence-corrected chi connectivity index (χ4v) is 1.70. The van der Waals surface area contributed by atoms with E-state index in [1.165, 1.54) is 11.8 Å². The van der Waals surface area contributed by atoms with Crippen molar-refractivity contribution >= 4 is 17.7 Å². The molecule has 0 aliphatic rings. The molecule has 0 unspecified atom stereocenters. The van der Waals surface area contributed by atoms with Crippen LogP contribution in [0.3, 0.4) is 0 Å². The van der Waals surface area contributed by atoms with E-state index in [-0.39, 0.29) is 11.7 Å². The van der Waals surface area contributed by atoms with Crippen LogP contribution in [0.1, 0.15) is 13.3 Å². The second-order valence-electron chi connectivity index (χ2n) is 3.41. The van der Waals surface area contributed by atoms with Crippen LogP contribution in [-0.4, -0.2) is 34.8 Å². The highest BCUT2D eigenvalue weighted by atomic mass is 32.2. The number of nitrogens with zero attached hydrogens (tertiary/aromatic N) is 2. The van der Waals surface area contributed by atoms with Gasteiger partial charge >= 0.3 is 0 Å². The van der Waals surface area contributed by atoms with Crippen LogP contribution in [0, 0.1) is 0 Å². The number of amides is 1. The molecule has 1 N–H and O–H groups in total. The van der Waals surface area contributed by atoms with E-state index >= 15 is 0 Å². The van der Waals surface area contributed by atoms with E-state index < -0.39 is 0 Å². The fourth-order valence-electron chi connectivity index (χ4n) is 1.05. The maximum atomic E-state index is 11.4. The summed E-state index contributed by atoms with van der Waals surface area (Å²) in [5.74, 6) is 0.759. The van der Waals surface area contributed by atoms with Gasteiger partial charge in [0.15, 0.2) is 5.16 Å². The molecule has 1 heterocycles. The zero-order valence-electron chi connectivity index (χ0n) is 10.4.